The molecule has 0 aromatic carbocycles. The molecule has 0 amide bonds. The van der Waals surface area contributed by atoms with E-state index < -0.39 is 0 Å². The summed E-state index contributed by atoms with van der Waals surface area (Å²) >= 11 is 1.90. The van der Waals surface area contributed by atoms with Crippen LogP contribution in [0.5, 0.6) is 0 Å². The van der Waals surface area contributed by atoms with E-state index >= 15 is 0 Å². The Balaban J connectivity index is 2.44. The van der Waals surface area contributed by atoms with Crippen LogP contribution in [-0.2, 0) is 17.7 Å². The second kappa shape index (κ2) is 9.39. The van der Waals surface area contributed by atoms with Crippen LogP contribution < -0.4 is 5.32 Å². The molecule has 0 radical (unpaired) electrons. The van der Waals surface area contributed by atoms with Gasteiger partial charge in [-0.25, -0.2) is 0 Å². The summed E-state index contributed by atoms with van der Waals surface area (Å²) in [6.45, 7) is 8.00. The van der Waals surface area contributed by atoms with Crippen molar-refractivity contribution in [3.63, 3.8) is 0 Å². The largest absolute Gasteiger partial charge is 0.383 e. The van der Waals surface area contributed by atoms with Crippen LogP contribution in [0.15, 0.2) is 0 Å². The SMILES string of the molecule is COCCNCCc1c(C)nn(CCCSC)c1C. The standard InChI is InChI=1S/C14H27N3OS/c1-12-14(6-7-15-8-10-18-3)13(2)17(16-12)9-5-11-19-4/h15H,5-11H2,1-4H3. The average Bonchev–Trinajstić information content (AvgIpc) is 2.66. The Bertz CT molecular complexity index is 366. The third-order valence-corrected chi connectivity index (χ3v) is 3.98. The number of nitrogens with one attached hydrogen (secondary N) is 1. The van der Waals surface area contributed by atoms with Crippen molar-refractivity contribution in [3.8, 4) is 0 Å². The van der Waals surface area contributed by atoms with Gasteiger partial charge in [-0.2, -0.15) is 16.9 Å². The summed E-state index contributed by atoms with van der Waals surface area (Å²) in [4.78, 5) is 0. The van der Waals surface area contributed by atoms with E-state index in [2.05, 4.69) is 35.2 Å². The molecule has 1 heterocycles. The van der Waals surface area contributed by atoms with Crippen LogP contribution in [-0.4, -0.2) is 48.6 Å². The number of ether oxygens (including phenoxy) is 1. The molecule has 0 saturated heterocycles. The molecule has 0 atom stereocenters. The molecular formula is C14H27N3OS. The predicted octanol–water partition coefficient (Wildman–Crippen LogP) is 2.03. The molecule has 1 aromatic rings. The molecule has 0 bridgehead atoms. The van der Waals surface area contributed by atoms with E-state index in [-0.39, 0.29) is 0 Å². The fourth-order valence-corrected chi connectivity index (χ4v) is 2.60. The molecule has 1 rings (SSSR count). The number of methoxy groups -OCH3 is 1. The van der Waals surface area contributed by atoms with E-state index in [1.54, 1.807) is 7.11 Å². The van der Waals surface area contributed by atoms with Crippen molar-refractivity contribution in [2.24, 2.45) is 0 Å². The van der Waals surface area contributed by atoms with E-state index in [4.69, 9.17) is 4.74 Å². The van der Waals surface area contributed by atoms with Gasteiger partial charge in [0, 0.05) is 25.9 Å². The van der Waals surface area contributed by atoms with Crippen molar-refractivity contribution in [1.29, 1.82) is 0 Å². The van der Waals surface area contributed by atoms with E-state index in [1.807, 2.05) is 11.8 Å². The quantitative estimate of drug-likeness (QED) is 0.668. The van der Waals surface area contributed by atoms with Crippen molar-refractivity contribution in [3.05, 3.63) is 17.0 Å². The van der Waals surface area contributed by atoms with Gasteiger partial charge in [-0.05, 0) is 50.8 Å². The Morgan fingerprint density at radius 2 is 2.11 bits per heavy atom. The van der Waals surface area contributed by atoms with E-state index in [0.717, 1.165) is 32.7 Å². The van der Waals surface area contributed by atoms with Crippen LogP contribution in [0.4, 0.5) is 0 Å². The number of aryl methyl sites for hydroxylation is 2. The van der Waals surface area contributed by atoms with Gasteiger partial charge in [-0.15, -0.1) is 0 Å². The second-order valence-corrected chi connectivity index (χ2v) is 5.70. The van der Waals surface area contributed by atoms with Gasteiger partial charge in [-0.3, -0.25) is 4.68 Å². The number of hydrogen-bond acceptors (Lipinski definition) is 4. The number of rotatable bonds is 10. The summed E-state index contributed by atoms with van der Waals surface area (Å²) in [5.74, 6) is 1.20. The second-order valence-electron chi connectivity index (χ2n) is 4.71. The minimum Gasteiger partial charge on any atom is -0.383 e. The Hall–Kier alpha value is -0.520. The smallest absolute Gasteiger partial charge is 0.0628 e. The molecule has 1 aromatic heterocycles. The monoisotopic (exact) mass is 285 g/mol. The maximum Gasteiger partial charge on any atom is 0.0628 e. The first-order valence-corrected chi connectivity index (χ1v) is 8.31. The molecule has 0 spiro atoms. The van der Waals surface area contributed by atoms with Gasteiger partial charge < -0.3 is 10.1 Å². The van der Waals surface area contributed by atoms with Crippen LogP contribution in [0.25, 0.3) is 0 Å². The van der Waals surface area contributed by atoms with Gasteiger partial charge in [0.1, 0.15) is 0 Å². The highest BCUT2D eigenvalue weighted by Gasteiger charge is 2.10. The summed E-state index contributed by atoms with van der Waals surface area (Å²) in [5.41, 5.74) is 3.90. The summed E-state index contributed by atoms with van der Waals surface area (Å²) in [6.07, 6.45) is 4.39. The lowest BCUT2D eigenvalue weighted by Crippen LogP contribution is -2.22. The third-order valence-electron chi connectivity index (χ3n) is 3.28. The zero-order chi connectivity index (χ0) is 14.1. The number of nitrogens with zero attached hydrogens (tertiary/aromatic N) is 2. The van der Waals surface area contributed by atoms with E-state index in [0.29, 0.717) is 0 Å². The third kappa shape index (κ3) is 5.55. The van der Waals surface area contributed by atoms with Gasteiger partial charge in [0.05, 0.1) is 12.3 Å². The molecule has 0 fully saturated rings. The Labute approximate surface area is 121 Å². The first-order valence-electron chi connectivity index (χ1n) is 6.92. The topological polar surface area (TPSA) is 39.1 Å². The predicted molar refractivity (Wildman–Crippen MR) is 83.1 cm³/mol. The molecule has 19 heavy (non-hydrogen) atoms. The normalized spacial score (nSPS) is 11.2. The van der Waals surface area contributed by atoms with Crippen molar-refractivity contribution < 1.29 is 4.74 Å². The van der Waals surface area contributed by atoms with E-state index in [1.165, 1.54) is 29.1 Å². The number of hydrogen-bond donors (Lipinski definition) is 1. The minimum atomic E-state index is 0.770. The molecule has 4 nitrogen and oxygen atoms in total. The molecule has 1 N–H and O–H groups in total. The number of aromatic nitrogens is 2. The van der Waals surface area contributed by atoms with Gasteiger partial charge in [0.2, 0.25) is 0 Å². The highest BCUT2D eigenvalue weighted by Crippen LogP contribution is 2.14. The van der Waals surface area contributed by atoms with Crippen LogP contribution in [0.2, 0.25) is 0 Å². The summed E-state index contributed by atoms with van der Waals surface area (Å²) < 4.78 is 7.18. The molecule has 0 aliphatic rings. The molecule has 0 aliphatic carbocycles. The molecule has 5 heteroatoms. The van der Waals surface area contributed by atoms with Gasteiger partial charge in [-0.1, -0.05) is 0 Å². The lowest BCUT2D eigenvalue weighted by Gasteiger charge is -2.06. The van der Waals surface area contributed by atoms with Crippen molar-refractivity contribution in [1.82, 2.24) is 15.1 Å². The van der Waals surface area contributed by atoms with Gasteiger partial charge in [0.25, 0.3) is 0 Å². The van der Waals surface area contributed by atoms with Crippen molar-refractivity contribution in [2.45, 2.75) is 33.2 Å². The molecule has 0 aliphatic heterocycles. The Kier molecular flexibility index (Phi) is 8.18. The summed E-state index contributed by atoms with van der Waals surface area (Å²) in [6, 6.07) is 0. The first kappa shape index (κ1) is 16.5. The maximum absolute atomic E-state index is 5.02. The summed E-state index contributed by atoms with van der Waals surface area (Å²) in [5, 5.41) is 8.04. The zero-order valence-corrected chi connectivity index (χ0v) is 13.5. The fourth-order valence-electron chi connectivity index (χ4n) is 2.18. The molecular weight excluding hydrogens is 258 g/mol. The van der Waals surface area contributed by atoms with E-state index in [9.17, 15) is 0 Å². The lowest BCUT2D eigenvalue weighted by atomic mass is 10.1. The fraction of sp³-hybridized carbons (Fsp3) is 0.786. The number of thioether (sulfide) groups is 1. The average molecular weight is 285 g/mol. The molecule has 0 saturated carbocycles. The van der Waals surface area contributed by atoms with Crippen LogP contribution in [0, 0.1) is 13.8 Å². The van der Waals surface area contributed by atoms with Gasteiger partial charge >= 0.3 is 0 Å². The zero-order valence-electron chi connectivity index (χ0n) is 12.7. The minimum absolute atomic E-state index is 0.770. The Morgan fingerprint density at radius 3 is 2.79 bits per heavy atom. The maximum atomic E-state index is 5.02. The first-order chi connectivity index (χ1) is 9.20. The van der Waals surface area contributed by atoms with Crippen LogP contribution in [0.1, 0.15) is 23.4 Å². The Morgan fingerprint density at radius 1 is 1.32 bits per heavy atom. The highest BCUT2D eigenvalue weighted by molar-refractivity contribution is 7.98. The lowest BCUT2D eigenvalue weighted by molar-refractivity contribution is 0.199. The molecule has 110 valence electrons. The van der Waals surface area contributed by atoms with Crippen molar-refractivity contribution >= 4 is 11.8 Å². The summed E-state index contributed by atoms with van der Waals surface area (Å²) in [7, 11) is 1.73. The van der Waals surface area contributed by atoms with Gasteiger partial charge in [0.15, 0.2) is 0 Å². The van der Waals surface area contributed by atoms with Crippen LogP contribution >= 0.6 is 11.8 Å². The highest BCUT2D eigenvalue weighted by atomic mass is 32.2. The molecule has 0 unspecified atom stereocenters. The van der Waals surface area contributed by atoms with Crippen LogP contribution in [0.3, 0.4) is 0 Å². The van der Waals surface area contributed by atoms with Crippen molar-refractivity contribution in [2.75, 3.05) is 38.8 Å².